The van der Waals surface area contributed by atoms with E-state index in [1.165, 1.54) is 36.0 Å². The molecular weight excluding hydrogens is 406 g/mol. The van der Waals surface area contributed by atoms with Gasteiger partial charge in [0.2, 0.25) is 5.91 Å². The summed E-state index contributed by atoms with van der Waals surface area (Å²) in [7, 11) is 0. The maximum absolute atomic E-state index is 12.2. The number of nitro benzene ring substituents is 1. The molecule has 11 heteroatoms. The Morgan fingerprint density at radius 3 is 2.73 bits per heavy atom. The Balaban J connectivity index is 1.41. The zero-order chi connectivity index (χ0) is 21.1. The van der Waals surface area contributed by atoms with Gasteiger partial charge < -0.3 is 21.4 Å². The number of thioether (sulfide) groups is 1. The van der Waals surface area contributed by atoms with Crippen LogP contribution in [0.2, 0.25) is 0 Å². The Morgan fingerprint density at radius 1 is 1.20 bits per heavy atom. The Hall–Kier alpha value is -3.86. The summed E-state index contributed by atoms with van der Waals surface area (Å²) >= 11 is 1.19. The van der Waals surface area contributed by atoms with Gasteiger partial charge in [-0.25, -0.2) is 9.98 Å². The number of aromatic amines is 1. The van der Waals surface area contributed by atoms with Crippen molar-refractivity contribution in [2.45, 2.75) is 6.17 Å². The van der Waals surface area contributed by atoms with Crippen molar-refractivity contribution in [3.8, 4) is 0 Å². The molecule has 0 bridgehead atoms. The molecule has 5 N–H and O–H groups in total. The van der Waals surface area contributed by atoms with Gasteiger partial charge in [0.05, 0.1) is 10.7 Å². The Kier molecular flexibility index (Phi) is 5.35. The molecule has 0 saturated carbocycles. The zero-order valence-electron chi connectivity index (χ0n) is 15.5. The number of guanidine groups is 1. The highest BCUT2D eigenvalue weighted by Gasteiger charge is 2.20. The highest BCUT2D eigenvalue weighted by molar-refractivity contribution is 8.14. The number of benzene rings is 2. The van der Waals surface area contributed by atoms with Gasteiger partial charge in [0.1, 0.15) is 0 Å². The van der Waals surface area contributed by atoms with E-state index in [4.69, 9.17) is 5.73 Å². The number of nitrogens with two attached hydrogens (primary N) is 1. The van der Waals surface area contributed by atoms with Gasteiger partial charge in [-0.3, -0.25) is 14.9 Å². The lowest BCUT2D eigenvalue weighted by atomic mass is 10.1. The first-order valence-corrected chi connectivity index (χ1v) is 9.89. The van der Waals surface area contributed by atoms with E-state index >= 15 is 0 Å². The number of H-pyrrole nitrogens is 1. The average molecular weight is 423 g/mol. The molecule has 0 radical (unpaired) electrons. The van der Waals surface area contributed by atoms with Crippen LogP contribution in [0, 0.1) is 10.1 Å². The van der Waals surface area contributed by atoms with Crippen LogP contribution in [0.15, 0.2) is 64.7 Å². The molecule has 1 amide bonds. The standard InChI is InChI=1S/C19H17N7O3S/c20-18-23-17(14-9-21-15-4-2-1-3-13(14)15)24-19(25-18)30-10-16(27)22-11-5-7-12(8-6-11)26(28)29/h1-9,17,21H,10H2,(H,22,27)(H3,20,23,24,25)/t17-/m1/s1. The number of rotatable bonds is 5. The van der Waals surface area contributed by atoms with E-state index in [0.29, 0.717) is 10.9 Å². The van der Waals surface area contributed by atoms with Crippen molar-refractivity contribution >= 4 is 51.1 Å². The molecule has 1 aromatic heterocycles. The van der Waals surface area contributed by atoms with Gasteiger partial charge in [-0.05, 0) is 18.2 Å². The van der Waals surface area contributed by atoms with Crippen molar-refractivity contribution in [3.63, 3.8) is 0 Å². The summed E-state index contributed by atoms with van der Waals surface area (Å²) in [6.45, 7) is 0. The molecule has 0 fully saturated rings. The van der Waals surface area contributed by atoms with Crippen molar-refractivity contribution < 1.29 is 9.72 Å². The molecule has 1 aliphatic heterocycles. The van der Waals surface area contributed by atoms with E-state index in [-0.39, 0.29) is 23.3 Å². The van der Waals surface area contributed by atoms with Gasteiger partial charge in [0.15, 0.2) is 17.3 Å². The van der Waals surface area contributed by atoms with Crippen LogP contribution in [0.3, 0.4) is 0 Å². The van der Waals surface area contributed by atoms with Crippen LogP contribution >= 0.6 is 11.8 Å². The number of amidine groups is 1. The maximum Gasteiger partial charge on any atom is 0.269 e. The van der Waals surface area contributed by atoms with Crippen LogP contribution in [-0.2, 0) is 4.79 Å². The van der Waals surface area contributed by atoms with Gasteiger partial charge in [-0.1, -0.05) is 30.0 Å². The van der Waals surface area contributed by atoms with Gasteiger partial charge in [0.25, 0.3) is 5.69 Å². The van der Waals surface area contributed by atoms with E-state index in [1.54, 1.807) is 0 Å². The van der Waals surface area contributed by atoms with E-state index in [1.807, 2.05) is 30.5 Å². The summed E-state index contributed by atoms with van der Waals surface area (Å²) in [6.07, 6.45) is 1.34. The smallest absolute Gasteiger partial charge is 0.269 e. The van der Waals surface area contributed by atoms with Crippen LogP contribution < -0.4 is 16.4 Å². The summed E-state index contributed by atoms with van der Waals surface area (Å²) < 4.78 is 0. The quantitative estimate of drug-likeness (QED) is 0.366. The Bertz CT molecular complexity index is 1170. The second kappa shape index (κ2) is 8.25. The predicted molar refractivity (Wildman–Crippen MR) is 117 cm³/mol. The molecule has 4 rings (SSSR count). The summed E-state index contributed by atoms with van der Waals surface area (Å²) in [5.74, 6) is 0.0260. The Morgan fingerprint density at radius 2 is 1.97 bits per heavy atom. The first kappa shape index (κ1) is 19.5. The molecule has 1 aliphatic rings. The van der Waals surface area contributed by atoms with Crippen molar-refractivity contribution in [1.82, 2.24) is 10.3 Å². The average Bonchev–Trinajstić information content (AvgIpc) is 3.16. The third-order valence-electron chi connectivity index (χ3n) is 4.34. The molecule has 10 nitrogen and oxygen atoms in total. The topological polar surface area (TPSA) is 151 Å². The lowest BCUT2D eigenvalue weighted by Crippen LogP contribution is -2.39. The molecule has 1 atom stereocenters. The molecule has 3 aromatic rings. The second-order valence-electron chi connectivity index (χ2n) is 6.38. The van der Waals surface area contributed by atoms with E-state index in [9.17, 15) is 14.9 Å². The summed E-state index contributed by atoms with van der Waals surface area (Å²) in [5.41, 5.74) is 8.22. The zero-order valence-corrected chi connectivity index (χ0v) is 16.3. The number of nitrogens with one attached hydrogen (secondary N) is 3. The van der Waals surface area contributed by atoms with Crippen LogP contribution in [-0.4, -0.2) is 32.7 Å². The molecule has 0 saturated heterocycles. The monoisotopic (exact) mass is 423 g/mol. The lowest BCUT2D eigenvalue weighted by molar-refractivity contribution is -0.384. The number of hydrogen-bond donors (Lipinski definition) is 4. The molecule has 0 aliphatic carbocycles. The highest BCUT2D eigenvalue weighted by Crippen LogP contribution is 2.29. The normalized spacial score (nSPS) is 15.8. The highest BCUT2D eigenvalue weighted by atomic mass is 32.2. The van der Waals surface area contributed by atoms with Gasteiger partial charge in [0, 0.05) is 40.5 Å². The van der Waals surface area contributed by atoms with Crippen LogP contribution in [0.5, 0.6) is 0 Å². The number of amides is 1. The number of para-hydroxylation sites is 1. The molecule has 152 valence electrons. The molecular formula is C19H17N7O3S. The SMILES string of the molecule is NC1=N[C@@H](c2c[nH]c3ccccc23)N=C(SCC(=O)Nc2ccc([N+](=O)[O-])cc2)N1. The fourth-order valence-corrected chi connectivity index (χ4v) is 3.65. The van der Waals surface area contributed by atoms with Crippen molar-refractivity contribution in [2.24, 2.45) is 15.7 Å². The third kappa shape index (κ3) is 4.25. The van der Waals surface area contributed by atoms with Crippen LogP contribution in [0.1, 0.15) is 11.7 Å². The van der Waals surface area contributed by atoms with Gasteiger partial charge in [-0.2, -0.15) is 0 Å². The minimum atomic E-state index is -0.511. The molecule has 30 heavy (non-hydrogen) atoms. The summed E-state index contributed by atoms with van der Waals surface area (Å²) in [4.78, 5) is 34.5. The first-order valence-electron chi connectivity index (χ1n) is 8.91. The number of nitrogens with zero attached hydrogens (tertiary/aromatic N) is 3. The fraction of sp³-hybridized carbons (Fsp3) is 0.105. The van der Waals surface area contributed by atoms with E-state index in [0.717, 1.165) is 16.5 Å². The fourth-order valence-electron chi connectivity index (χ4n) is 2.96. The molecule has 0 spiro atoms. The number of nitro groups is 1. The number of hydrogen-bond acceptors (Lipinski definition) is 8. The van der Waals surface area contributed by atoms with Crippen molar-refractivity contribution in [3.05, 3.63) is 70.4 Å². The van der Waals surface area contributed by atoms with Crippen molar-refractivity contribution in [1.29, 1.82) is 0 Å². The summed E-state index contributed by atoms with van der Waals surface area (Å²) in [6, 6.07) is 13.5. The minimum Gasteiger partial charge on any atom is -0.370 e. The molecule has 2 heterocycles. The van der Waals surface area contributed by atoms with E-state index in [2.05, 4.69) is 25.6 Å². The Labute approximate surface area is 174 Å². The second-order valence-corrected chi connectivity index (χ2v) is 7.34. The number of non-ortho nitro benzene ring substituents is 1. The van der Waals surface area contributed by atoms with Crippen molar-refractivity contribution in [2.75, 3.05) is 11.1 Å². The van der Waals surface area contributed by atoms with Gasteiger partial charge >= 0.3 is 0 Å². The van der Waals surface area contributed by atoms with Crippen LogP contribution in [0.25, 0.3) is 10.9 Å². The molecule has 2 aromatic carbocycles. The number of carbonyl (C=O) groups excluding carboxylic acids is 1. The first-order chi connectivity index (χ1) is 14.5. The number of fused-ring (bicyclic) bond motifs is 1. The number of carbonyl (C=O) groups is 1. The van der Waals surface area contributed by atoms with Gasteiger partial charge in [-0.15, -0.1) is 0 Å². The number of aromatic nitrogens is 1. The minimum absolute atomic E-state index is 0.0405. The number of anilines is 1. The number of aliphatic imine (C=N–C) groups is 2. The third-order valence-corrected chi connectivity index (χ3v) is 5.22. The largest absolute Gasteiger partial charge is 0.370 e. The maximum atomic E-state index is 12.2. The molecule has 0 unspecified atom stereocenters. The van der Waals surface area contributed by atoms with E-state index < -0.39 is 11.1 Å². The predicted octanol–water partition coefficient (Wildman–Crippen LogP) is 2.72. The summed E-state index contributed by atoms with van der Waals surface area (Å²) in [5, 5.41) is 17.7. The lowest BCUT2D eigenvalue weighted by Gasteiger charge is -2.18. The van der Waals surface area contributed by atoms with Crippen LogP contribution in [0.4, 0.5) is 11.4 Å².